The summed E-state index contributed by atoms with van der Waals surface area (Å²) in [6, 6.07) is 6.14. The molecule has 1 aromatic carbocycles. The molecule has 0 aromatic heterocycles. The first-order valence-electron chi connectivity index (χ1n) is 7.04. The molecule has 1 heterocycles. The number of benzene rings is 1. The summed E-state index contributed by atoms with van der Waals surface area (Å²) in [4.78, 5) is 0. The minimum Gasteiger partial charge on any atom is -0.490 e. The minimum atomic E-state index is 0.251. The Morgan fingerprint density at radius 3 is 2.68 bits per heavy atom. The van der Waals surface area contributed by atoms with Crippen molar-refractivity contribution in [2.24, 2.45) is 0 Å². The van der Waals surface area contributed by atoms with E-state index >= 15 is 0 Å². The molecular formula is C15H23NO3. The summed E-state index contributed by atoms with van der Waals surface area (Å²) < 4.78 is 16.9. The summed E-state index contributed by atoms with van der Waals surface area (Å²) in [7, 11) is 0. The monoisotopic (exact) mass is 265 g/mol. The first kappa shape index (κ1) is 14.2. The van der Waals surface area contributed by atoms with Gasteiger partial charge in [-0.1, -0.05) is 6.07 Å². The molecule has 1 N–H and O–H groups in total. The van der Waals surface area contributed by atoms with Crippen LogP contribution in [-0.2, 0) is 11.2 Å². The Kier molecular flexibility index (Phi) is 5.48. The number of rotatable bonds is 6. The van der Waals surface area contributed by atoms with E-state index in [2.05, 4.69) is 17.4 Å². The van der Waals surface area contributed by atoms with Crippen LogP contribution in [0.3, 0.4) is 0 Å². The first-order chi connectivity index (χ1) is 9.33. The Balaban J connectivity index is 2.05. The summed E-state index contributed by atoms with van der Waals surface area (Å²) in [5, 5.41) is 3.35. The lowest BCUT2D eigenvalue weighted by molar-refractivity contribution is 0.0292. The van der Waals surface area contributed by atoms with Gasteiger partial charge in [0.15, 0.2) is 11.5 Å². The Hall–Kier alpha value is -1.26. The van der Waals surface area contributed by atoms with E-state index in [1.165, 1.54) is 5.56 Å². The highest BCUT2D eigenvalue weighted by molar-refractivity contribution is 5.43. The maximum absolute atomic E-state index is 5.72. The normalized spacial score (nSPS) is 19.2. The summed E-state index contributed by atoms with van der Waals surface area (Å²) >= 11 is 0. The molecule has 0 aliphatic carbocycles. The van der Waals surface area contributed by atoms with Crippen LogP contribution in [-0.4, -0.2) is 39.0 Å². The van der Waals surface area contributed by atoms with Gasteiger partial charge in [-0.2, -0.15) is 0 Å². The zero-order valence-corrected chi connectivity index (χ0v) is 11.8. The van der Waals surface area contributed by atoms with Crippen molar-refractivity contribution in [2.75, 3.05) is 32.9 Å². The van der Waals surface area contributed by atoms with E-state index in [0.29, 0.717) is 13.2 Å². The van der Waals surface area contributed by atoms with E-state index in [-0.39, 0.29) is 6.10 Å². The molecule has 19 heavy (non-hydrogen) atoms. The first-order valence-corrected chi connectivity index (χ1v) is 7.04. The molecule has 0 bridgehead atoms. The summed E-state index contributed by atoms with van der Waals surface area (Å²) in [6.45, 7) is 7.91. The van der Waals surface area contributed by atoms with E-state index in [1.54, 1.807) is 0 Å². The molecule has 1 aliphatic rings. The smallest absolute Gasteiger partial charge is 0.161 e. The number of hydrogen-bond donors (Lipinski definition) is 1. The van der Waals surface area contributed by atoms with Crippen LogP contribution >= 0.6 is 0 Å². The highest BCUT2D eigenvalue weighted by Crippen LogP contribution is 2.29. The quantitative estimate of drug-likeness (QED) is 0.854. The van der Waals surface area contributed by atoms with E-state index in [1.807, 2.05) is 19.9 Å². The third-order valence-electron chi connectivity index (χ3n) is 3.08. The highest BCUT2D eigenvalue weighted by Gasteiger charge is 2.15. The third kappa shape index (κ3) is 4.11. The largest absolute Gasteiger partial charge is 0.490 e. The second-order valence-electron chi connectivity index (χ2n) is 4.55. The summed E-state index contributed by atoms with van der Waals surface area (Å²) in [5.74, 6) is 1.64. The van der Waals surface area contributed by atoms with Crippen molar-refractivity contribution in [2.45, 2.75) is 26.4 Å². The summed E-state index contributed by atoms with van der Waals surface area (Å²) in [6.07, 6.45) is 1.15. The van der Waals surface area contributed by atoms with Crippen LogP contribution in [0.5, 0.6) is 11.5 Å². The van der Waals surface area contributed by atoms with Gasteiger partial charge in [-0.25, -0.2) is 0 Å². The van der Waals surface area contributed by atoms with Gasteiger partial charge in [-0.3, -0.25) is 0 Å². The van der Waals surface area contributed by atoms with Gasteiger partial charge < -0.3 is 19.5 Å². The topological polar surface area (TPSA) is 39.7 Å². The maximum atomic E-state index is 5.72. The van der Waals surface area contributed by atoms with Gasteiger partial charge in [0.2, 0.25) is 0 Å². The maximum Gasteiger partial charge on any atom is 0.161 e. The van der Waals surface area contributed by atoms with Crippen molar-refractivity contribution in [3.63, 3.8) is 0 Å². The number of morpholine rings is 1. The van der Waals surface area contributed by atoms with Crippen molar-refractivity contribution in [3.05, 3.63) is 23.8 Å². The van der Waals surface area contributed by atoms with Gasteiger partial charge in [-0.15, -0.1) is 0 Å². The third-order valence-corrected chi connectivity index (χ3v) is 3.08. The fraction of sp³-hybridized carbons (Fsp3) is 0.600. The Morgan fingerprint density at radius 1 is 1.21 bits per heavy atom. The average Bonchev–Trinajstić information content (AvgIpc) is 2.43. The SMILES string of the molecule is CCOc1ccc(CC2CNCCO2)cc1OCC. The van der Waals surface area contributed by atoms with Gasteiger partial charge in [0.1, 0.15) is 0 Å². The molecule has 0 radical (unpaired) electrons. The fourth-order valence-corrected chi connectivity index (χ4v) is 2.24. The van der Waals surface area contributed by atoms with Crippen LogP contribution < -0.4 is 14.8 Å². The molecule has 4 heteroatoms. The molecule has 106 valence electrons. The highest BCUT2D eigenvalue weighted by atomic mass is 16.5. The molecule has 1 fully saturated rings. The van der Waals surface area contributed by atoms with Crippen molar-refractivity contribution in [3.8, 4) is 11.5 Å². The minimum absolute atomic E-state index is 0.251. The number of hydrogen-bond acceptors (Lipinski definition) is 4. The van der Waals surface area contributed by atoms with E-state index in [9.17, 15) is 0 Å². The molecule has 1 aliphatic heterocycles. The van der Waals surface area contributed by atoms with E-state index in [0.717, 1.165) is 37.6 Å². The van der Waals surface area contributed by atoms with Gasteiger partial charge in [0, 0.05) is 19.5 Å². The van der Waals surface area contributed by atoms with Crippen LogP contribution in [0.15, 0.2) is 18.2 Å². The zero-order chi connectivity index (χ0) is 13.5. The zero-order valence-electron chi connectivity index (χ0n) is 11.8. The second kappa shape index (κ2) is 7.36. The van der Waals surface area contributed by atoms with Crippen LogP contribution in [0.4, 0.5) is 0 Å². The second-order valence-corrected chi connectivity index (χ2v) is 4.55. The lowest BCUT2D eigenvalue weighted by Crippen LogP contribution is -2.39. The van der Waals surface area contributed by atoms with Gasteiger partial charge in [0.05, 0.1) is 25.9 Å². The van der Waals surface area contributed by atoms with E-state index in [4.69, 9.17) is 14.2 Å². The Morgan fingerprint density at radius 2 is 2.00 bits per heavy atom. The van der Waals surface area contributed by atoms with Gasteiger partial charge in [0.25, 0.3) is 0 Å². The predicted octanol–water partition coefficient (Wildman–Crippen LogP) is 2.01. The Bertz CT molecular complexity index is 389. The number of nitrogens with one attached hydrogen (secondary N) is 1. The Labute approximate surface area is 115 Å². The van der Waals surface area contributed by atoms with Gasteiger partial charge >= 0.3 is 0 Å². The molecule has 2 rings (SSSR count). The van der Waals surface area contributed by atoms with Crippen molar-refractivity contribution < 1.29 is 14.2 Å². The molecule has 4 nitrogen and oxygen atoms in total. The standard InChI is InChI=1S/C15H23NO3/c1-3-17-14-6-5-12(10-15(14)18-4-2)9-13-11-16-7-8-19-13/h5-6,10,13,16H,3-4,7-9,11H2,1-2H3. The van der Waals surface area contributed by atoms with Crippen molar-refractivity contribution >= 4 is 0 Å². The predicted molar refractivity (Wildman–Crippen MR) is 75.1 cm³/mol. The lowest BCUT2D eigenvalue weighted by atomic mass is 10.1. The van der Waals surface area contributed by atoms with Crippen LogP contribution in [0.2, 0.25) is 0 Å². The molecular weight excluding hydrogens is 242 g/mol. The molecule has 1 atom stereocenters. The average molecular weight is 265 g/mol. The van der Waals surface area contributed by atoms with Crippen molar-refractivity contribution in [1.29, 1.82) is 0 Å². The molecule has 1 saturated heterocycles. The summed E-state index contributed by atoms with van der Waals surface area (Å²) in [5.41, 5.74) is 1.22. The van der Waals surface area contributed by atoms with Crippen LogP contribution in [0, 0.1) is 0 Å². The van der Waals surface area contributed by atoms with Crippen LogP contribution in [0.1, 0.15) is 19.4 Å². The molecule has 0 amide bonds. The molecule has 1 aromatic rings. The number of ether oxygens (including phenoxy) is 3. The lowest BCUT2D eigenvalue weighted by Gasteiger charge is -2.24. The van der Waals surface area contributed by atoms with Gasteiger partial charge in [-0.05, 0) is 31.5 Å². The van der Waals surface area contributed by atoms with Crippen molar-refractivity contribution in [1.82, 2.24) is 5.32 Å². The fourth-order valence-electron chi connectivity index (χ4n) is 2.24. The molecule has 0 saturated carbocycles. The van der Waals surface area contributed by atoms with Crippen LogP contribution in [0.25, 0.3) is 0 Å². The van der Waals surface area contributed by atoms with E-state index < -0.39 is 0 Å². The molecule has 1 unspecified atom stereocenters. The molecule has 0 spiro atoms.